The van der Waals surface area contributed by atoms with Gasteiger partial charge in [-0.05, 0) is 49.3 Å². The predicted octanol–water partition coefficient (Wildman–Crippen LogP) is 3.43. The van der Waals surface area contributed by atoms with Crippen LogP contribution in [0.4, 0.5) is 0 Å². The van der Waals surface area contributed by atoms with Crippen LogP contribution in [0, 0.1) is 5.92 Å². The highest BCUT2D eigenvalue weighted by Gasteiger charge is 2.41. The lowest BCUT2D eigenvalue weighted by Gasteiger charge is -2.40. The van der Waals surface area contributed by atoms with Gasteiger partial charge in [-0.1, -0.05) is 25.0 Å². The van der Waals surface area contributed by atoms with Crippen molar-refractivity contribution in [3.8, 4) is 5.75 Å². The lowest BCUT2D eigenvalue weighted by Crippen LogP contribution is -2.40. The summed E-state index contributed by atoms with van der Waals surface area (Å²) in [6, 6.07) is 8.27. The molecule has 0 aromatic heterocycles. The van der Waals surface area contributed by atoms with Gasteiger partial charge in [-0.3, -0.25) is 0 Å². The van der Waals surface area contributed by atoms with E-state index in [9.17, 15) is 0 Å². The molecule has 1 aromatic carbocycles. The zero-order valence-electron chi connectivity index (χ0n) is 12.3. The Morgan fingerprint density at radius 1 is 1.35 bits per heavy atom. The van der Waals surface area contributed by atoms with E-state index in [4.69, 9.17) is 15.2 Å². The van der Waals surface area contributed by atoms with Crippen LogP contribution in [0.3, 0.4) is 0 Å². The first-order chi connectivity index (χ1) is 9.72. The van der Waals surface area contributed by atoms with Gasteiger partial charge in [0.25, 0.3) is 0 Å². The summed E-state index contributed by atoms with van der Waals surface area (Å²) in [4.78, 5) is 0. The van der Waals surface area contributed by atoms with E-state index in [1.807, 2.05) is 12.1 Å². The van der Waals surface area contributed by atoms with Crippen molar-refractivity contribution in [2.45, 2.75) is 50.2 Å². The van der Waals surface area contributed by atoms with Crippen LogP contribution in [0.15, 0.2) is 24.3 Å². The Labute approximate surface area is 121 Å². The van der Waals surface area contributed by atoms with Crippen LogP contribution in [0.2, 0.25) is 0 Å². The molecule has 1 aromatic rings. The van der Waals surface area contributed by atoms with Crippen LogP contribution in [0.5, 0.6) is 5.75 Å². The lowest BCUT2D eigenvalue weighted by molar-refractivity contribution is -0.0963. The molecule has 20 heavy (non-hydrogen) atoms. The van der Waals surface area contributed by atoms with Gasteiger partial charge < -0.3 is 15.2 Å². The zero-order chi connectivity index (χ0) is 14.0. The Balaban J connectivity index is 1.74. The molecule has 1 aliphatic carbocycles. The summed E-state index contributed by atoms with van der Waals surface area (Å²) in [6.07, 6.45) is 7.23. The van der Waals surface area contributed by atoms with Crippen LogP contribution in [-0.2, 0) is 4.74 Å². The first-order valence-corrected chi connectivity index (χ1v) is 7.76. The molecule has 0 amide bonds. The van der Waals surface area contributed by atoms with E-state index in [1.54, 1.807) is 7.11 Å². The molecule has 2 atom stereocenters. The SMILES string of the molecule is COc1cccc(C(N)C2CCOC3(CCCC3)C2)c1. The molecule has 2 aliphatic rings. The molecule has 0 radical (unpaired) electrons. The quantitative estimate of drug-likeness (QED) is 0.919. The molecule has 2 fully saturated rings. The first kappa shape index (κ1) is 13.9. The summed E-state index contributed by atoms with van der Waals surface area (Å²) in [7, 11) is 1.70. The fourth-order valence-corrected chi connectivity index (χ4v) is 3.86. The van der Waals surface area contributed by atoms with E-state index in [0.717, 1.165) is 25.2 Å². The van der Waals surface area contributed by atoms with Gasteiger partial charge in [-0.15, -0.1) is 0 Å². The van der Waals surface area contributed by atoms with Gasteiger partial charge in [0.15, 0.2) is 0 Å². The summed E-state index contributed by atoms with van der Waals surface area (Å²) in [5.41, 5.74) is 7.86. The van der Waals surface area contributed by atoms with Crippen molar-refractivity contribution in [3.05, 3.63) is 29.8 Å². The third kappa shape index (κ3) is 2.70. The van der Waals surface area contributed by atoms with Crippen LogP contribution < -0.4 is 10.5 Å². The third-order valence-electron chi connectivity index (χ3n) is 5.03. The van der Waals surface area contributed by atoms with Crippen molar-refractivity contribution in [3.63, 3.8) is 0 Å². The largest absolute Gasteiger partial charge is 0.497 e. The molecule has 1 spiro atoms. The molecule has 2 unspecified atom stereocenters. The van der Waals surface area contributed by atoms with Crippen molar-refractivity contribution >= 4 is 0 Å². The molecule has 2 N–H and O–H groups in total. The summed E-state index contributed by atoms with van der Waals surface area (Å²) < 4.78 is 11.4. The zero-order valence-corrected chi connectivity index (χ0v) is 12.3. The topological polar surface area (TPSA) is 44.5 Å². The second-order valence-electron chi connectivity index (χ2n) is 6.29. The molecule has 3 heteroatoms. The van der Waals surface area contributed by atoms with E-state index >= 15 is 0 Å². The highest BCUT2D eigenvalue weighted by Crippen LogP contribution is 2.44. The standard InChI is InChI=1S/C17H25NO2/c1-19-15-6-4-5-13(11-15)16(18)14-7-10-20-17(12-14)8-2-3-9-17/h4-6,11,14,16H,2-3,7-10,12,18H2,1H3. The van der Waals surface area contributed by atoms with Crippen LogP contribution >= 0.6 is 0 Å². The highest BCUT2D eigenvalue weighted by molar-refractivity contribution is 5.30. The molecule has 110 valence electrons. The Hall–Kier alpha value is -1.06. The molecule has 1 saturated carbocycles. The molecule has 1 heterocycles. The lowest BCUT2D eigenvalue weighted by atomic mass is 9.79. The Bertz CT molecular complexity index is 454. The Kier molecular flexibility index (Phi) is 3.99. The number of hydrogen-bond donors (Lipinski definition) is 1. The van der Waals surface area contributed by atoms with Gasteiger partial charge in [0.1, 0.15) is 5.75 Å². The fourth-order valence-electron chi connectivity index (χ4n) is 3.86. The first-order valence-electron chi connectivity index (χ1n) is 7.76. The Morgan fingerprint density at radius 3 is 2.90 bits per heavy atom. The minimum atomic E-state index is 0.0893. The number of benzene rings is 1. The van der Waals surface area contributed by atoms with E-state index < -0.39 is 0 Å². The van der Waals surface area contributed by atoms with Gasteiger partial charge >= 0.3 is 0 Å². The van der Waals surface area contributed by atoms with Gasteiger partial charge in [0, 0.05) is 12.6 Å². The van der Waals surface area contributed by atoms with Crippen LogP contribution in [0.25, 0.3) is 0 Å². The smallest absolute Gasteiger partial charge is 0.119 e. The van der Waals surface area contributed by atoms with Crippen molar-refractivity contribution in [1.29, 1.82) is 0 Å². The third-order valence-corrected chi connectivity index (χ3v) is 5.03. The number of hydrogen-bond acceptors (Lipinski definition) is 3. The number of ether oxygens (including phenoxy) is 2. The van der Waals surface area contributed by atoms with Gasteiger partial charge in [-0.25, -0.2) is 0 Å². The number of nitrogens with two attached hydrogens (primary N) is 1. The average molecular weight is 275 g/mol. The second-order valence-corrected chi connectivity index (χ2v) is 6.29. The molecule has 1 saturated heterocycles. The van der Waals surface area contributed by atoms with Crippen LogP contribution in [-0.4, -0.2) is 19.3 Å². The van der Waals surface area contributed by atoms with Crippen molar-refractivity contribution in [1.82, 2.24) is 0 Å². The maximum Gasteiger partial charge on any atom is 0.119 e. The van der Waals surface area contributed by atoms with Gasteiger partial charge in [0.05, 0.1) is 12.7 Å². The van der Waals surface area contributed by atoms with Crippen molar-refractivity contribution < 1.29 is 9.47 Å². The molecule has 3 nitrogen and oxygen atoms in total. The highest BCUT2D eigenvalue weighted by atomic mass is 16.5. The van der Waals surface area contributed by atoms with E-state index in [-0.39, 0.29) is 11.6 Å². The second kappa shape index (κ2) is 5.74. The monoisotopic (exact) mass is 275 g/mol. The van der Waals surface area contributed by atoms with E-state index in [2.05, 4.69) is 12.1 Å². The summed E-state index contributed by atoms with van der Waals surface area (Å²) >= 11 is 0. The number of methoxy groups -OCH3 is 1. The summed E-state index contributed by atoms with van der Waals surface area (Å²) in [5.74, 6) is 1.41. The van der Waals surface area contributed by atoms with Gasteiger partial charge in [0.2, 0.25) is 0 Å². The maximum atomic E-state index is 6.53. The molecule has 1 aliphatic heterocycles. The normalized spacial score (nSPS) is 26.6. The molecule has 3 rings (SSSR count). The summed E-state index contributed by atoms with van der Waals surface area (Å²) in [6.45, 7) is 0.863. The minimum absolute atomic E-state index is 0.0893. The summed E-state index contributed by atoms with van der Waals surface area (Å²) in [5, 5.41) is 0. The molecular weight excluding hydrogens is 250 g/mol. The van der Waals surface area contributed by atoms with Crippen molar-refractivity contribution in [2.24, 2.45) is 11.7 Å². The maximum absolute atomic E-state index is 6.53. The Morgan fingerprint density at radius 2 is 2.15 bits per heavy atom. The van der Waals surface area contributed by atoms with E-state index in [1.165, 1.54) is 31.2 Å². The van der Waals surface area contributed by atoms with Crippen LogP contribution in [0.1, 0.15) is 50.1 Å². The average Bonchev–Trinajstić information content (AvgIpc) is 2.94. The molecule has 0 bridgehead atoms. The number of rotatable bonds is 3. The van der Waals surface area contributed by atoms with Crippen molar-refractivity contribution in [2.75, 3.05) is 13.7 Å². The van der Waals surface area contributed by atoms with E-state index in [0.29, 0.717) is 5.92 Å². The fraction of sp³-hybridized carbons (Fsp3) is 0.647. The molecular formula is C17H25NO2. The minimum Gasteiger partial charge on any atom is -0.497 e. The van der Waals surface area contributed by atoms with Gasteiger partial charge in [-0.2, -0.15) is 0 Å². The predicted molar refractivity (Wildman–Crippen MR) is 79.8 cm³/mol.